The first kappa shape index (κ1) is 30.5. The van der Waals surface area contributed by atoms with Crippen LogP contribution in [0.5, 0.6) is 0 Å². The molecule has 1 aliphatic rings. The predicted molar refractivity (Wildman–Crippen MR) is 145 cm³/mol. The SMILES string of the molecule is CCN(C)Cc1sc(CC(=O)c2cnc(N3CCN(CCC(=O)O)CC3)cn2)nc1-c1cc(F)cc(C(F)(F)F)c1. The molecule has 1 saturated heterocycles. The monoisotopic (exact) mass is 594 g/mol. The van der Waals surface area contributed by atoms with Crippen molar-refractivity contribution in [3.8, 4) is 11.3 Å². The maximum absolute atomic E-state index is 14.2. The minimum absolute atomic E-state index is 0.000945. The molecule has 2 aromatic heterocycles. The fourth-order valence-corrected chi connectivity index (χ4v) is 5.54. The maximum atomic E-state index is 14.2. The summed E-state index contributed by atoms with van der Waals surface area (Å²) in [4.78, 5) is 43.6. The van der Waals surface area contributed by atoms with Crippen molar-refractivity contribution in [1.82, 2.24) is 24.8 Å². The number of hydrogen-bond donors (Lipinski definition) is 1. The number of carbonyl (C=O) groups is 2. The summed E-state index contributed by atoms with van der Waals surface area (Å²) >= 11 is 1.20. The number of thiazole rings is 1. The zero-order valence-electron chi connectivity index (χ0n) is 22.6. The first-order valence-corrected chi connectivity index (χ1v) is 13.8. The third-order valence-electron chi connectivity index (χ3n) is 6.77. The predicted octanol–water partition coefficient (Wildman–Crippen LogP) is 4.23. The number of halogens is 4. The Morgan fingerprint density at radius 2 is 1.83 bits per heavy atom. The molecule has 220 valence electrons. The molecular weight excluding hydrogens is 564 g/mol. The summed E-state index contributed by atoms with van der Waals surface area (Å²) in [6, 6.07) is 2.33. The Morgan fingerprint density at radius 3 is 2.44 bits per heavy atom. The standard InChI is InChI=1S/C27H30F4N6O3S/c1-3-35(2)16-22-26(17-10-18(27(29,30)31)12-19(28)11-17)34-24(41-22)13-21(38)20-14-33-23(15-32-20)37-8-6-36(7-9-37)5-4-25(39)40/h10-12,14-15H,3-9,13,16H2,1-2H3,(H,39,40). The average Bonchev–Trinajstić information content (AvgIpc) is 3.33. The number of anilines is 1. The number of benzene rings is 1. The van der Waals surface area contributed by atoms with Crippen molar-refractivity contribution in [3.05, 3.63) is 57.6 Å². The number of carboxylic acid groups (broad SMARTS) is 1. The number of ketones is 1. The number of nitrogens with zero attached hydrogens (tertiary/aromatic N) is 6. The Hall–Kier alpha value is -3.49. The van der Waals surface area contributed by atoms with Gasteiger partial charge in [0.25, 0.3) is 0 Å². The van der Waals surface area contributed by atoms with Gasteiger partial charge in [0.2, 0.25) is 0 Å². The molecule has 4 rings (SSSR count). The number of piperazine rings is 1. The lowest BCUT2D eigenvalue weighted by Crippen LogP contribution is -2.47. The largest absolute Gasteiger partial charge is 0.481 e. The fraction of sp³-hybridized carbons (Fsp3) is 0.444. The smallest absolute Gasteiger partial charge is 0.416 e. The third kappa shape index (κ3) is 8.05. The highest BCUT2D eigenvalue weighted by molar-refractivity contribution is 7.12. The van der Waals surface area contributed by atoms with E-state index in [1.807, 2.05) is 23.8 Å². The molecule has 0 saturated carbocycles. The molecule has 0 unspecified atom stereocenters. The van der Waals surface area contributed by atoms with Crippen LogP contribution in [-0.2, 0) is 23.9 Å². The molecule has 0 bridgehead atoms. The first-order chi connectivity index (χ1) is 19.4. The molecule has 1 aromatic carbocycles. The Bertz CT molecular complexity index is 1370. The highest BCUT2D eigenvalue weighted by atomic mass is 32.1. The number of rotatable bonds is 11. The number of carbonyl (C=O) groups excluding carboxylic acids is 1. The van der Waals surface area contributed by atoms with Crippen molar-refractivity contribution < 1.29 is 32.3 Å². The van der Waals surface area contributed by atoms with Crippen LogP contribution < -0.4 is 4.90 Å². The highest BCUT2D eigenvalue weighted by Crippen LogP contribution is 2.36. The molecular formula is C27H30F4N6O3S. The lowest BCUT2D eigenvalue weighted by Gasteiger charge is -2.34. The van der Waals surface area contributed by atoms with Gasteiger partial charge < -0.3 is 14.9 Å². The van der Waals surface area contributed by atoms with E-state index in [2.05, 4.69) is 19.9 Å². The van der Waals surface area contributed by atoms with Gasteiger partial charge in [0.15, 0.2) is 5.78 Å². The molecule has 0 aliphatic carbocycles. The van der Waals surface area contributed by atoms with Crippen molar-refractivity contribution >= 4 is 28.9 Å². The van der Waals surface area contributed by atoms with Crippen molar-refractivity contribution in [2.24, 2.45) is 0 Å². The summed E-state index contributed by atoms with van der Waals surface area (Å²) in [5.74, 6) is -1.60. The summed E-state index contributed by atoms with van der Waals surface area (Å²) in [6.45, 7) is 6.12. The summed E-state index contributed by atoms with van der Waals surface area (Å²) in [5.41, 5.74) is -0.765. The summed E-state index contributed by atoms with van der Waals surface area (Å²) in [5, 5.41) is 9.24. The van der Waals surface area contributed by atoms with Gasteiger partial charge in [-0.3, -0.25) is 14.5 Å². The van der Waals surface area contributed by atoms with Crippen LogP contribution in [0.4, 0.5) is 23.4 Å². The minimum Gasteiger partial charge on any atom is -0.481 e. The molecule has 1 fully saturated rings. The number of alkyl halides is 3. The molecule has 41 heavy (non-hydrogen) atoms. The molecule has 14 heteroatoms. The molecule has 0 atom stereocenters. The lowest BCUT2D eigenvalue weighted by molar-refractivity contribution is -0.138. The molecule has 1 N–H and O–H groups in total. The topological polar surface area (TPSA) is 103 Å². The van der Waals surface area contributed by atoms with Gasteiger partial charge in [-0.15, -0.1) is 11.3 Å². The zero-order valence-corrected chi connectivity index (χ0v) is 23.4. The van der Waals surface area contributed by atoms with Gasteiger partial charge in [-0.05, 0) is 31.8 Å². The second-order valence-corrected chi connectivity index (χ2v) is 10.9. The van der Waals surface area contributed by atoms with E-state index in [-0.39, 0.29) is 35.6 Å². The van der Waals surface area contributed by atoms with Gasteiger partial charge >= 0.3 is 12.1 Å². The van der Waals surface area contributed by atoms with Crippen LogP contribution in [0.1, 0.15) is 39.3 Å². The van der Waals surface area contributed by atoms with Crippen LogP contribution in [0.25, 0.3) is 11.3 Å². The average molecular weight is 595 g/mol. The molecule has 1 aliphatic heterocycles. The van der Waals surface area contributed by atoms with E-state index in [1.54, 1.807) is 0 Å². The molecule has 0 spiro atoms. The van der Waals surface area contributed by atoms with Crippen molar-refractivity contribution in [2.45, 2.75) is 32.5 Å². The zero-order chi connectivity index (χ0) is 29.7. The third-order valence-corrected chi connectivity index (χ3v) is 7.81. The number of aliphatic carboxylic acids is 1. The number of carboxylic acids is 1. The Labute approximate surface area is 238 Å². The van der Waals surface area contributed by atoms with Gasteiger partial charge in [0.05, 0.1) is 36.5 Å². The number of Topliss-reactive ketones (excluding diaryl/α,β-unsaturated/α-hetero) is 1. The van der Waals surface area contributed by atoms with E-state index in [0.717, 1.165) is 12.1 Å². The minimum atomic E-state index is -4.72. The Balaban J connectivity index is 1.48. The molecule has 3 aromatic rings. The van der Waals surface area contributed by atoms with Crippen molar-refractivity contribution in [3.63, 3.8) is 0 Å². The number of aromatic nitrogens is 3. The summed E-state index contributed by atoms with van der Waals surface area (Å²) in [6.07, 6.45) is -1.86. The number of hydrogen-bond acceptors (Lipinski definition) is 9. The van der Waals surface area contributed by atoms with E-state index in [9.17, 15) is 27.2 Å². The Kier molecular flexibility index (Phi) is 9.66. The van der Waals surface area contributed by atoms with Crippen LogP contribution in [-0.4, -0.2) is 87.9 Å². The molecule has 3 heterocycles. The van der Waals surface area contributed by atoms with Crippen molar-refractivity contribution in [2.75, 3.05) is 51.2 Å². The van der Waals surface area contributed by atoms with E-state index < -0.39 is 23.5 Å². The van der Waals surface area contributed by atoms with Crippen LogP contribution in [0.2, 0.25) is 0 Å². The van der Waals surface area contributed by atoms with Crippen LogP contribution in [0.3, 0.4) is 0 Å². The second kappa shape index (κ2) is 13.0. The molecule has 0 amide bonds. The highest BCUT2D eigenvalue weighted by Gasteiger charge is 2.32. The van der Waals surface area contributed by atoms with Crippen LogP contribution >= 0.6 is 11.3 Å². The van der Waals surface area contributed by atoms with Gasteiger partial charge in [0, 0.05) is 49.7 Å². The van der Waals surface area contributed by atoms with Crippen LogP contribution in [0, 0.1) is 5.82 Å². The van der Waals surface area contributed by atoms with Gasteiger partial charge in [-0.25, -0.2) is 19.3 Å². The summed E-state index contributed by atoms with van der Waals surface area (Å²) < 4.78 is 54.2. The van der Waals surface area contributed by atoms with Crippen LogP contribution in [0.15, 0.2) is 30.6 Å². The normalized spacial score (nSPS) is 14.6. The maximum Gasteiger partial charge on any atom is 0.416 e. The van der Waals surface area contributed by atoms with E-state index in [0.29, 0.717) is 67.6 Å². The van der Waals surface area contributed by atoms with Gasteiger partial charge in [0.1, 0.15) is 22.3 Å². The first-order valence-electron chi connectivity index (χ1n) is 13.0. The van der Waals surface area contributed by atoms with E-state index in [1.165, 1.54) is 23.7 Å². The van der Waals surface area contributed by atoms with Gasteiger partial charge in [-0.1, -0.05) is 6.92 Å². The Morgan fingerprint density at radius 1 is 1.10 bits per heavy atom. The quantitative estimate of drug-likeness (QED) is 0.258. The van der Waals surface area contributed by atoms with E-state index in [4.69, 9.17) is 5.11 Å². The second-order valence-electron chi connectivity index (χ2n) is 9.77. The lowest BCUT2D eigenvalue weighted by atomic mass is 10.1. The molecule has 0 radical (unpaired) electrons. The van der Waals surface area contributed by atoms with Crippen molar-refractivity contribution in [1.29, 1.82) is 0 Å². The fourth-order valence-electron chi connectivity index (χ4n) is 4.37. The molecule has 9 nitrogen and oxygen atoms in total. The summed E-state index contributed by atoms with van der Waals surface area (Å²) in [7, 11) is 1.84. The van der Waals surface area contributed by atoms with Gasteiger partial charge in [-0.2, -0.15) is 13.2 Å². The van der Waals surface area contributed by atoms with E-state index >= 15 is 0 Å².